The first-order valence-electron chi connectivity index (χ1n) is 11.1. The lowest BCUT2D eigenvalue weighted by molar-refractivity contribution is 0.209. The molecule has 0 aliphatic carbocycles. The number of benzene rings is 3. The number of nitrogens with zero attached hydrogens (tertiary/aromatic N) is 1. The molecule has 3 nitrogen and oxygen atoms in total. The Morgan fingerprint density at radius 3 is 1.77 bits per heavy atom. The maximum Gasteiger partial charge on any atom is 0.321 e. The highest BCUT2D eigenvalue weighted by atomic mass is 35.5. The van der Waals surface area contributed by atoms with Crippen LogP contribution < -0.4 is 5.32 Å². The van der Waals surface area contributed by atoms with E-state index in [-0.39, 0.29) is 6.03 Å². The topological polar surface area (TPSA) is 32.3 Å². The minimum atomic E-state index is -0.0540. The molecule has 0 heterocycles. The number of rotatable bonds is 11. The van der Waals surface area contributed by atoms with E-state index in [0.717, 1.165) is 57.3 Å². The molecular formula is C27H31ClN2O. The number of urea groups is 1. The van der Waals surface area contributed by atoms with E-state index in [1.807, 2.05) is 35.2 Å². The summed E-state index contributed by atoms with van der Waals surface area (Å²) in [6.45, 7) is 1.51. The summed E-state index contributed by atoms with van der Waals surface area (Å²) in [5.41, 5.74) is 3.43. The molecule has 3 aromatic rings. The van der Waals surface area contributed by atoms with E-state index in [1.54, 1.807) is 6.07 Å². The Bertz CT molecular complexity index is 867. The molecule has 0 aliphatic heterocycles. The van der Waals surface area contributed by atoms with Gasteiger partial charge in [-0.15, -0.1) is 0 Å². The van der Waals surface area contributed by atoms with Gasteiger partial charge in [0.25, 0.3) is 0 Å². The number of hydrogen-bond acceptors (Lipinski definition) is 1. The first-order valence-corrected chi connectivity index (χ1v) is 11.5. The average molecular weight is 435 g/mol. The van der Waals surface area contributed by atoms with E-state index < -0.39 is 0 Å². The van der Waals surface area contributed by atoms with Crippen molar-refractivity contribution in [3.05, 3.63) is 101 Å². The fourth-order valence-corrected chi connectivity index (χ4v) is 3.83. The molecule has 0 atom stereocenters. The zero-order chi connectivity index (χ0) is 21.7. The largest absolute Gasteiger partial charge is 0.325 e. The van der Waals surface area contributed by atoms with E-state index in [1.165, 1.54) is 11.1 Å². The fourth-order valence-electron chi connectivity index (χ4n) is 3.64. The van der Waals surface area contributed by atoms with Crippen LogP contribution in [0.25, 0.3) is 0 Å². The third kappa shape index (κ3) is 8.47. The van der Waals surface area contributed by atoms with Gasteiger partial charge in [0.15, 0.2) is 0 Å². The molecule has 0 unspecified atom stereocenters. The minimum absolute atomic E-state index is 0.0540. The quantitative estimate of drug-likeness (QED) is 0.317. The summed E-state index contributed by atoms with van der Waals surface area (Å²) in [6.07, 6.45) is 6.17. The number of amides is 2. The molecular weight excluding hydrogens is 404 g/mol. The van der Waals surface area contributed by atoms with Crippen molar-refractivity contribution in [1.82, 2.24) is 4.90 Å². The zero-order valence-corrected chi connectivity index (χ0v) is 18.7. The Hall–Kier alpha value is -2.78. The van der Waals surface area contributed by atoms with E-state index in [0.29, 0.717) is 5.02 Å². The molecule has 1 N–H and O–H groups in total. The summed E-state index contributed by atoms with van der Waals surface area (Å²) in [4.78, 5) is 14.9. The van der Waals surface area contributed by atoms with Crippen molar-refractivity contribution in [2.45, 2.75) is 38.5 Å². The lowest BCUT2D eigenvalue weighted by Crippen LogP contribution is -2.36. The summed E-state index contributed by atoms with van der Waals surface area (Å²) in [5, 5.41) is 3.62. The molecule has 4 heteroatoms. The van der Waals surface area contributed by atoms with Crippen molar-refractivity contribution in [2.24, 2.45) is 0 Å². The second-order valence-electron chi connectivity index (χ2n) is 7.81. The van der Waals surface area contributed by atoms with Crippen LogP contribution in [0, 0.1) is 0 Å². The molecule has 31 heavy (non-hydrogen) atoms. The summed E-state index contributed by atoms with van der Waals surface area (Å²) in [5.74, 6) is 0. The number of nitrogens with one attached hydrogen (secondary N) is 1. The Balaban J connectivity index is 1.49. The van der Waals surface area contributed by atoms with Crippen LogP contribution in [0.5, 0.6) is 0 Å². The van der Waals surface area contributed by atoms with Crippen LogP contribution in [-0.2, 0) is 12.8 Å². The smallest absolute Gasteiger partial charge is 0.321 e. The molecule has 0 spiro atoms. The maximum atomic E-state index is 12.9. The number of anilines is 1. The van der Waals surface area contributed by atoms with Crippen molar-refractivity contribution in [1.29, 1.82) is 0 Å². The van der Waals surface area contributed by atoms with Gasteiger partial charge >= 0.3 is 6.03 Å². The molecule has 162 valence electrons. The predicted octanol–water partition coefficient (Wildman–Crippen LogP) is 7.22. The van der Waals surface area contributed by atoms with Crippen LogP contribution in [-0.4, -0.2) is 24.0 Å². The second kappa shape index (κ2) is 12.8. The Labute approximate surface area is 191 Å². The van der Waals surface area contributed by atoms with E-state index >= 15 is 0 Å². The zero-order valence-electron chi connectivity index (χ0n) is 18.0. The molecule has 0 aliphatic rings. The van der Waals surface area contributed by atoms with E-state index in [9.17, 15) is 4.79 Å². The molecule has 0 radical (unpaired) electrons. The van der Waals surface area contributed by atoms with Crippen molar-refractivity contribution in [3.8, 4) is 0 Å². The Morgan fingerprint density at radius 1 is 0.710 bits per heavy atom. The van der Waals surface area contributed by atoms with Gasteiger partial charge < -0.3 is 10.2 Å². The summed E-state index contributed by atoms with van der Waals surface area (Å²) < 4.78 is 0. The molecule has 3 rings (SSSR count). The highest BCUT2D eigenvalue weighted by Crippen LogP contribution is 2.16. The first-order chi connectivity index (χ1) is 15.2. The van der Waals surface area contributed by atoms with Gasteiger partial charge in [-0.05, 0) is 67.9 Å². The van der Waals surface area contributed by atoms with Gasteiger partial charge in [0.1, 0.15) is 0 Å². The third-order valence-electron chi connectivity index (χ3n) is 5.34. The van der Waals surface area contributed by atoms with Crippen molar-refractivity contribution in [3.63, 3.8) is 0 Å². The highest BCUT2D eigenvalue weighted by molar-refractivity contribution is 6.30. The lowest BCUT2D eigenvalue weighted by atomic mass is 10.1. The standard InChI is InChI=1S/C27H31ClN2O/c28-25-18-11-19-26(22-25)29-27(31)30(20-9-7-16-23-12-3-1-4-13-23)21-10-8-17-24-14-5-2-6-15-24/h1-6,11-15,18-19,22H,7-10,16-17,20-21H2,(H,29,31). The van der Waals surface area contributed by atoms with Crippen molar-refractivity contribution in [2.75, 3.05) is 18.4 Å². The maximum absolute atomic E-state index is 12.9. The van der Waals surface area contributed by atoms with Crippen LogP contribution in [0.3, 0.4) is 0 Å². The molecule has 0 saturated carbocycles. The average Bonchev–Trinajstić information content (AvgIpc) is 2.79. The van der Waals surface area contributed by atoms with Crippen molar-refractivity contribution < 1.29 is 4.79 Å². The third-order valence-corrected chi connectivity index (χ3v) is 5.57. The van der Waals surface area contributed by atoms with Gasteiger partial charge in [0.05, 0.1) is 0 Å². The molecule has 3 aromatic carbocycles. The van der Waals surface area contributed by atoms with Crippen LogP contribution in [0.1, 0.15) is 36.8 Å². The molecule has 0 bridgehead atoms. The highest BCUT2D eigenvalue weighted by Gasteiger charge is 2.13. The van der Waals surface area contributed by atoms with Crippen LogP contribution >= 0.6 is 11.6 Å². The number of aryl methyl sites for hydroxylation is 2. The van der Waals surface area contributed by atoms with Crippen molar-refractivity contribution >= 4 is 23.3 Å². The van der Waals surface area contributed by atoms with E-state index in [4.69, 9.17) is 11.6 Å². The number of halogens is 1. The second-order valence-corrected chi connectivity index (χ2v) is 8.25. The first kappa shape index (κ1) is 22.9. The number of carbonyl (C=O) groups is 1. The van der Waals surface area contributed by atoms with E-state index in [2.05, 4.69) is 53.8 Å². The van der Waals surface area contributed by atoms with Crippen LogP contribution in [0.2, 0.25) is 5.02 Å². The van der Waals surface area contributed by atoms with Gasteiger partial charge in [-0.1, -0.05) is 78.3 Å². The normalized spacial score (nSPS) is 10.6. The Morgan fingerprint density at radius 2 is 1.26 bits per heavy atom. The van der Waals surface area contributed by atoms with Gasteiger partial charge in [-0.2, -0.15) is 0 Å². The SMILES string of the molecule is O=C(Nc1cccc(Cl)c1)N(CCCCc1ccccc1)CCCCc1ccccc1. The lowest BCUT2D eigenvalue weighted by Gasteiger charge is -2.23. The summed E-state index contributed by atoms with van der Waals surface area (Å²) >= 11 is 6.06. The summed E-state index contributed by atoms with van der Waals surface area (Å²) in [6, 6.07) is 28.3. The number of carbonyl (C=O) groups excluding carboxylic acids is 1. The van der Waals surface area contributed by atoms with Gasteiger partial charge in [0.2, 0.25) is 0 Å². The van der Waals surface area contributed by atoms with Crippen LogP contribution in [0.4, 0.5) is 10.5 Å². The predicted molar refractivity (Wildman–Crippen MR) is 131 cm³/mol. The minimum Gasteiger partial charge on any atom is -0.325 e. The molecule has 0 aromatic heterocycles. The molecule has 2 amide bonds. The number of unbranched alkanes of at least 4 members (excludes halogenated alkanes) is 2. The van der Waals surface area contributed by atoms with Crippen LogP contribution in [0.15, 0.2) is 84.9 Å². The molecule has 0 saturated heterocycles. The van der Waals surface area contributed by atoms with Gasteiger partial charge in [0, 0.05) is 23.8 Å². The van der Waals surface area contributed by atoms with Gasteiger partial charge in [-0.25, -0.2) is 4.79 Å². The summed E-state index contributed by atoms with van der Waals surface area (Å²) in [7, 11) is 0. The monoisotopic (exact) mass is 434 g/mol. The number of hydrogen-bond donors (Lipinski definition) is 1. The fraction of sp³-hybridized carbons (Fsp3) is 0.296. The molecule has 0 fully saturated rings. The van der Waals surface area contributed by atoms with Gasteiger partial charge in [-0.3, -0.25) is 0 Å². The Kier molecular flexibility index (Phi) is 9.46.